The number of carbonyl (C=O) groups is 1. The Labute approximate surface area is 103 Å². The monoisotopic (exact) mass is 254 g/mol. The second-order valence-corrected chi connectivity index (χ2v) is 4.15. The van der Waals surface area contributed by atoms with Gasteiger partial charge in [0.05, 0.1) is 5.52 Å². The molecule has 0 radical (unpaired) electrons. The first-order valence-corrected chi connectivity index (χ1v) is 5.66. The van der Waals surface area contributed by atoms with Crippen LogP contribution in [0.2, 0.25) is 5.02 Å². The summed E-state index contributed by atoms with van der Waals surface area (Å²) in [5, 5.41) is 3.51. The lowest BCUT2D eigenvalue weighted by atomic mass is 10.1. The number of rotatable bonds is 3. The predicted molar refractivity (Wildman–Crippen MR) is 65.7 cm³/mol. The van der Waals surface area contributed by atoms with Crippen LogP contribution in [0.3, 0.4) is 0 Å². The molecule has 0 unspecified atom stereocenters. The van der Waals surface area contributed by atoms with E-state index in [0.717, 1.165) is 10.9 Å². The smallest absolute Gasteiger partial charge is 0.220 e. The van der Waals surface area contributed by atoms with Gasteiger partial charge in [0.1, 0.15) is 10.8 Å². The topological polar surface area (TPSA) is 44.9 Å². The van der Waals surface area contributed by atoms with Gasteiger partial charge in [-0.3, -0.25) is 4.79 Å². The molecule has 2 aromatic rings. The molecule has 0 aliphatic heterocycles. The van der Waals surface area contributed by atoms with Crippen molar-refractivity contribution in [3.63, 3.8) is 0 Å². The molecule has 3 nitrogen and oxygen atoms in total. The molecule has 0 aliphatic carbocycles. The number of benzene rings is 1. The van der Waals surface area contributed by atoms with E-state index in [2.05, 4.69) is 10.3 Å². The number of hydrogen-bond acceptors (Lipinski definition) is 1. The highest BCUT2D eigenvalue weighted by Crippen LogP contribution is 2.28. The molecule has 0 saturated heterocycles. The standard InChI is InChI=1S/C12H12ClFN2O/c1-15-10(17)5-2-7-6-16-12-8(7)3-4-9(14)11(12)13/h3-4,6,16H,2,5H2,1H3,(H,15,17). The lowest BCUT2D eigenvalue weighted by Gasteiger charge is -2.00. The lowest BCUT2D eigenvalue weighted by Crippen LogP contribution is -2.17. The minimum absolute atomic E-state index is 0.0208. The Bertz CT molecular complexity index is 565. The molecule has 2 rings (SSSR count). The molecule has 5 heteroatoms. The van der Waals surface area contributed by atoms with Gasteiger partial charge in [-0.1, -0.05) is 11.6 Å². The molecule has 0 bridgehead atoms. The summed E-state index contributed by atoms with van der Waals surface area (Å²) >= 11 is 5.84. The summed E-state index contributed by atoms with van der Waals surface area (Å²) in [6.45, 7) is 0. The van der Waals surface area contributed by atoms with Crippen molar-refractivity contribution in [1.82, 2.24) is 10.3 Å². The quantitative estimate of drug-likeness (QED) is 0.869. The van der Waals surface area contributed by atoms with E-state index in [-0.39, 0.29) is 10.9 Å². The molecule has 0 atom stereocenters. The Hall–Kier alpha value is -1.55. The van der Waals surface area contributed by atoms with Crippen LogP contribution in [0.5, 0.6) is 0 Å². The third-order valence-corrected chi connectivity index (χ3v) is 3.10. The summed E-state index contributed by atoms with van der Waals surface area (Å²) in [6, 6.07) is 3.01. The van der Waals surface area contributed by atoms with Gasteiger partial charge in [0.15, 0.2) is 0 Å². The number of H-pyrrole nitrogens is 1. The Morgan fingerprint density at radius 1 is 1.53 bits per heavy atom. The first-order chi connectivity index (χ1) is 8.13. The molecular formula is C12H12ClFN2O. The van der Waals surface area contributed by atoms with Crippen LogP contribution in [0.4, 0.5) is 4.39 Å². The van der Waals surface area contributed by atoms with E-state index in [0.29, 0.717) is 18.4 Å². The third-order valence-electron chi connectivity index (χ3n) is 2.73. The molecule has 2 N–H and O–H groups in total. The zero-order chi connectivity index (χ0) is 12.4. The van der Waals surface area contributed by atoms with Crippen molar-refractivity contribution >= 4 is 28.4 Å². The van der Waals surface area contributed by atoms with Gasteiger partial charge in [0.2, 0.25) is 5.91 Å². The fourth-order valence-electron chi connectivity index (χ4n) is 1.78. The van der Waals surface area contributed by atoms with E-state index in [4.69, 9.17) is 11.6 Å². The van der Waals surface area contributed by atoms with Crippen LogP contribution in [-0.4, -0.2) is 17.9 Å². The number of hydrogen-bond donors (Lipinski definition) is 2. The number of amides is 1. The number of aryl methyl sites for hydroxylation is 1. The second-order valence-electron chi connectivity index (χ2n) is 3.77. The summed E-state index contributed by atoms with van der Waals surface area (Å²) in [5.41, 5.74) is 1.55. The number of nitrogens with one attached hydrogen (secondary N) is 2. The molecule has 1 aromatic carbocycles. The van der Waals surface area contributed by atoms with Crippen LogP contribution >= 0.6 is 11.6 Å². The average Bonchev–Trinajstić information content (AvgIpc) is 2.74. The van der Waals surface area contributed by atoms with E-state index in [1.807, 2.05) is 0 Å². The summed E-state index contributed by atoms with van der Waals surface area (Å²) in [5.74, 6) is -0.466. The maximum atomic E-state index is 13.2. The van der Waals surface area contributed by atoms with Crippen molar-refractivity contribution in [2.24, 2.45) is 0 Å². The Morgan fingerprint density at radius 3 is 3.00 bits per heavy atom. The van der Waals surface area contributed by atoms with Crippen LogP contribution < -0.4 is 5.32 Å². The zero-order valence-electron chi connectivity index (χ0n) is 9.31. The fraction of sp³-hybridized carbons (Fsp3) is 0.250. The van der Waals surface area contributed by atoms with Crippen molar-refractivity contribution in [1.29, 1.82) is 0 Å². The zero-order valence-corrected chi connectivity index (χ0v) is 10.1. The van der Waals surface area contributed by atoms with Crippen molar-refractivity contribution in [3.05, 3.63) is 34.7 Å². The number of fused-ring (bicyclic) bond motifs is 1. The molecule has 90 valence electrons. The first kappa shape index (κ1) is 11.9. The first-order valence-electron chi connectivity index (χ1n) is 5.28. The van der Waals surface area contributed by atoms with Gasteiger partial charge < -0.3 is 10.3 Å². The molecule has 17 heavy (non-hydrogen) atoms. The fourth-order valence-corrected chi connectivity index (χ4v) is 2.00. The van der Waals surface area contributed by atoms with Gasteiger partial charge in [-0.15, -0.1) is 0 Å². The van der Waals surface area contributed by atoms with E-state index in [9.17, 15) is 9.18 Å². The van der Waals surface area contributed by atoms with Gasteiger partial charge in [-0.05, 0) is 24.1 Å². The Balaban J connectivity index is 2.31. The minimum atomic E-state index is -0.445. The van der Waals surface area contributed by atoms with Crippen LogP contribution in [0.1, 0.15) is 12.0 Å². The second kappa shape index (κ2) is 4.75. The maximum Gasteiger partial charge on any atom is 0.220 e. The number of aromatic nitrogens is 1. The van der Waals surface area contributed by atoms with Gasteiger partial charge in [0, 0.05) is 25.1 Å². The maximum absolute atomic E-state index is 13.2. The molecule has 1 aromatic heterocycles. The summed E-state index contributed by atoms with van der Waals surface area (Å²) < 4.78 is 13.2. The highest BCUT2D eigenvalue weighted by molar-refractivity contribution is 6.35. The predicted octanol–water partition coefficient (Wildman–Crippen LogP) is 2.64. The highest BCUT2D eigenvalue weighted by Gasteiger charge is 2.11. The highest BCUT2D eigenvalue weighted by atomic mass is 35.5. The van der Waals surface area contributed by atoms with Crippen molar-refractivity contribution in [2.45, 2.75) is 12.8 Å². The number of halogens is 2. The molecular weight excluding hydrogens is 243 g/mol. The average molecular weight is 255 g/mol. The molecule has 0 aliphatic rings. The van der Waals surface area contributed by atoms with Crippen molar-refractivity contribution in [2.75, 3.05) is 7.05 Å². The van der Waals surface area contributed by atoms with Gasteiger partial charge >= 0.3 is 0 Å². The summed E-state index contributed by atoms with van der Waals surface area (Å²) in [4.78, 5) is 14.1. The Kier molecular flexibility index (Phi) is 3.33. The molecule has 0 fully saturated rings. The van der Waals surface area contributed by atoms with E-state index in [1.54, 1.807) is 19.3 Å². The largest absolute Gasteiger partial charge is 0.360 e. The van der Waals surface area contributed by atoms with Crippen LogP contribution in [-0.2, 0) is 11.2 Å². The van der Waals surface area contributed by atoms with Crippen molar-refractivity contribution in [3.8, 4) is 0 Å². The van der Waals surface area contributed by atoms with Crippen LogP contribution in [0.25, 0.3) is 10.9 Å². The Morgan fingerprint density at radius 2 is 2.29 bits per heavy atom. The lowest BCUT2D eigenvalue weighted by molar-refractivity contribution is -0.120. The van der Waals surface area contributed by atoms with Gasteiger partial charge in [-0.2, -0.15) is 0 Å². The van der Waals surface area contributed by atoms with Crippen LogP contribution in [0.15, 0.2) is 18.3 Å². The molecule has 1 amide bonds. The van der Waals surface area contributed by atoms with Gasteiger partial charge in [0.25, 0.3) is 0 Å². The SMILES string of the molecule is CNC(=O)CCc1c[nH]c2c(Cl)c(F)ccc12. The molecule has 0 spiro atoms. The molecule has 0 saturated carbocycles. The number of aromatic amines is 1. The van der Waals surface area contributed by atoms with Gasteiger partial charge in [-0.25, -0.2) is 4.39 Å². The van der Waals surface area contributed by atoms with E-state index in [1.165, 1.54) is 6.07 Å². The number of carbonyl (C=O) groups excluding carboxylic acids is 1. The van der Waals surface area contributed by atoms with E-state index >= 15 is 0 Å². The normalized spacial score (nSPS) is 10.8. The summed E-state index contributed by atoms with van der Waals surface area (Å²) in [6.07, 6.45) is 2.76. The third kappa shape index (κ3) is 2.26. The van der Waals surface area contributed by atoms with Crippen molar-refractivity contribution < 1.29 is 9.18 Å². The minimum Gasteiger partial charge on any atom is -0.360 e. The molecule has 1 heterocycles. The summed E-state index contributed by atoms with van der Waals surface area (Å²) in [7, 11) is 1.60. The van der Waals surface area contributed by atoms with E-state index < -0.39 is 5.82 Å². The van der Waals surface area contributed by atoms with Crippen LogP contribution in [0, 0.1) is 5.82 Å².